The van der Waals surface area contributed by atoms with Crippen molar-refractivity contribution >= 4 is 23.6 Å². The third-order valence-electron chi connectivity index (χ3n) is 1.80. The van der Waals surface area contributed by atoms with Crippen molar-refractivity contribution in [1.82, 2.24) is 0 Å². The van der Waals surface area contributed by atoms with Gasteiger partial charge in [0.1, 0.15) is 11.8 Å². The van der Waals surface area contributed by atoms with Gasteiger partial charge in [-0.2, -0.15) is 5.26 Å². The molecular weight excluding hydrogens is 236 g/mol. The summed E-state index contributed by atoms with van der Waals surface area (Å²) in [6, 6.07) is 11.1. The topological polar surface area (TPSA) is 62.4 Å². The summed E-state index contributed by atoms with van der Waals surface area (Å²) >= 11 is 1.02. The van der Waals surface area contributed by atoms with Crippen LogP contribution in [0.4, 0.5) is 0 Å². The summed E-state index contributed by atoms with van der Waals surface area (Å²) in [5, 5.41) is 8.94. The highest BCUT2D eigenvalue weighted by molar-refractivity contribution is 7.98. The Balaban J connectivity index is 2.58. The molecule has 0 bridgehead atoms. The summed E-state index contributed by atoms with van der Waals surface area (Å²) in [5.41, 5.74) is 1.05. The Morgan fingerprint density at radius 1 is 1.47 bits per heavy atom. The van der Waals surface area contributed by atoms with Gasteiger partial charge in [0.15, 0.2) is 5.71 Å². The van der Waals surface area contributed by atoms with Crippen LogP contribution in [0.2, 0.25) is 0 Å². The van der Waals surface area contributed by atoms with Crippen molar-refractivity contribution in [3.05, 3.63) is 35.9 Å². The molecule has 0 spiro atoms. The first-order chi connectivity index (χ1) is 8.27. The molecule has 0 aromatic heterocycles. The Labute approximate surface area is 104 Å². The molecule has 17 heavy (non-hydrogen) atoms. The molecule has 1 aromatic carbocycles. The van der Waals surface area contributed by atoms with Gasteiger partial charge < -0.3 is 4.74 Å². The van der Waals surface area contributed by atoms with E-state index in [-0.39, 0.29) is 11.7 Å². The predicted octanol–water partition coefficient (Wildman–Crippen LogP) is 2.21. The van der Waals surface area contributed by atoms with Crippen LogP contribution in [-0.4, -0.2) is 24.0 Å². The number of esters is 1. The zero-order valence-corrected chi connectivity index (χ0v) is 10.2. The lowest BCUT2D eigenvalue weighted by atomic mass is 10.1. The third-order valence-corrected chi connectivity index (χ3v) is 2.47. The maximum atomic E-state index is 11.1. The fourth-order valence-corrected chi connectivity index (χ4v) is 1.61. The number of rotatable bonds is 5. The lowest BCUT2D eigenvalue weighted by molar-refractivity contribution is -0.139. The zero-order chi connectivity index (χ0) is 12.5. The molecule has 0 aliphatic carbocycles. The molecule has 0 atom stereocenters. The van der Waals surface area contributed by atoms with Gasteiger partial charge in [0.05, 0.1) is 6.61 Å². The van der Waals surface area contributed by atoms with E-state index in [2.05, 4.69) is 4.40 Å². The molecule has 0 N–H and O–H groups in total. The first-order valence-electron chi connectivity index (χ1n) is 5.09. The second kappa shape index (κ2) is 7.47. The second-order valence-electron chi connectivity index (χ2n) is 3.00. The number of ether oxygens (including phenoxy) is 1. The summed E-state index contributed by atoms with van der Waals surface area (Å²) in [6.07, 6.45) is 0. The Hall–Kier alpha value is -1.80. The van der Waals surface area contributed by atoms with Crippen LogP contribution in [0.15, 0.2) is 34.7 Å². The standard InChI is InChI=1S/C12H12N2O2S/c1-2-16-12(15)9-17-14-11(8-13)10-6-4-3-5-7-10/h3-7H,2,9H2,1H3/b14-11+. The Morgan fingerprint density at radius 2 is 2.18 bits per heavy atom. The van der Waals surface area contributed by atoms with E-state index >= 15 is 0 Å². The van der Waals surface area contributed by atoms with E-state index in [4.69, 9.17) is 10.00 Å². The highest BCUT2D eigenvalue weighted by Crippen LogP contribution is 2.08. The van der Waals surface area contributed by atoms with Crippen molar-refractivity contribution in [1.29, 1.82) is 5.26 Å². The monoisotopic (exact) mass is 248 g/mol. The molecule has 0 saturated heterocycles. The highest BCUT2D eigenvalue weighted by atomic mass is 32.2. The molecule has 1 rings (SSSR count). The van der Waals surface area contributed by atoms with Crippen LogP contribution in [0.1, 0.15) is 12.5 Å². The molecule has 0 radical (unpaired) electrons. The number of benzene rings is 1. The summed E-state index contributed by atoms with van der Waals surface area (Å²) in [7, 11) is 0. The first kappa shape index (κ1) is 13.3. The molecule has 5 heteroatoms. The van der Waals surface area contributed by atoms with Crippen LogP contribution in [0, 0.1) is 11.3 Å². The average molecular weight is 248 g/mol. The molecule has 88 valence electrons. The number of carbonyl (C=O) groups excluding carboxylic acids is 1. The van der Waals surface area contributed by atoms with Gasteiger partial charge in [-0.15, -0.1) is 0 Å². The van der Waals surface area contributed by atoms with Crippen LogP contribution in [0.5, 0.6) is 0 Å². The van der Waals surface area contributed by atoms with Crippen molar-refractivity contribution in [3.8, 4) is 6.07 Å². The number of nitriles is 1. The zero-order valence-electron chi connectivity index (χ0n) is 9.42. The maximum absolute atomic E-state index is 11.1. The largest absolute Gasteiger partial charge is 0.465 e. The number of nitrogens with zero attached hydrogens (tertiary/aromatic N) is 2. The van der Waals surface area contributed by atoms with Crippen LogP contribution in [-0.2, 0) is 9.53 Å². The van der Waals surface area contributed by atoms with Gasteiger partial charge in [-0.3, -0.25) is 4.79 Å². The molecular formula is C12H12N2O2S. The smallest absolute Gasteiger partial charge is 0.317 e. The van der Waals surface area contributed by atoms with Crippen molar-refractivity contribution in [2.45, 2.75) is 6.92 Å². The van der Waals surface area contributed by atoms with Gasteiger partial charge in [-0.05, 0) is 18.9 Å². The average Bonchev–Trinajstić information content (AvgIpc) is 2.36. The number of carbonyl (C=O) groups is 1. The van der Waals surface area contributed by atoms with Gasteiger partial charge in [-0.25, -0.2) is 4.40 Å². The van der Waals surface area contributed by atoms with Gasteiger partial charge in [0, 0.05) is 5.56 Å². The van der Waals surface area contributed by atoms with Gasteiger partial charge in [-0.1, -0.05) is 30.3 Å². The van der Waals surface area contributed by atoms with Crippen LogP contribution >= 0.6 is 11.9 Å². The Morgan fingerprint density at radius 3 is 2.76 bits per heavy atom. The molecule has 1 aromatic rings. The van der Waals surface area contributed by atoms with Crippen molar-refractivity contribution in [2.75, 3.05) is 12.4 Å². The quantitative estimate of drug-likeness (QED) is 0.455. The third kappa shape index (κ3) is 4.70. The van der Waals surface area contributed by atoms with E-state index in [1.165, 1.54) is 0 Å². The van der Waals surface area contributed by atoms with Crippen molar-refractivity contribution in [3.63, 3.8) is 0 Å². The van der Waals surface area contributed by atoms with Crippen LogP contribution in [0.25, 0.3) is 0 Å². The van der Waals surface area contributed by atoms with Crippen LogP contribution in [0.3, 0.4) is 0 Å². The Kier molecular flexibility index (Phi) is 5.83. The highest BCUT2D eigenvalue weighted by Gasteiger charge is 2.04. The predicted molar refractivity (Wildman–Crippen MR) is 67.7 cm³/mol. The van der Waals surface area contributed by atoms with Crippen LogP contribution < -0.4 is 0 Å². The van der Waals surface area contributed by atoms with E-state index in [1.54, 1.807) is 19.1 Å². The first-order valence-corrected chi connectivity index (χ1v) is 6.03. The summed E-state index contributed by atoms with van der Waals surface area (Å²) in [6.45, 7) is 2.10. The van der Waals surface area contributed by atoms with Gasteiger partial charge >= 0.3 is 5.97 Å². The normalized spacial score (nSPS) is 10.7. The van der Waals surface area contributed by atoms with Gasteiger partial charge in [0.2, 0.25) is 0 Å². The summed E-state index contributed by atoms with van der Waals surface area (Å²) in [4.78, 5) is 11.1. The van der Waals surface area contributed by atoms with Crippen molar-refractivity contribution in [2.24, 2.45) is 4.40 Å². The van der Waals surface area contributed by atoms with E-state index < -0.39 is 0 Å². The summed E-state index contributed by atoms with van der Waals surface area (Å²) in [5.74, 6) is -0.210. The minimum absolute atomic E-state index is 0.117. The minimum atomic E-state index is -0.327. The van der Waals surface area contributed by atoms with Crippen molar-refractivity contribution < 1.29 is 9.53 Å². The molecule has 0 heterocycles. The maximum Gasteiger partial charge on any atom is 0.317 e. The van der Waals surface area contributed by atoms with E-state index in [1.807, 2.05) is 24.3 Å². The lowest BCUT2D eigenvalue weighted by Crippen LogP contribution is -2.06. The molecule has 0 saturated carbocycles. The molecule has 0 amide bonds. The SMILES string of the molecule is CCOC(=O)CS/N=C(\C#N)c1ccccc1. The fraction of sp³-hybridized carbons (Fsp3) is 0.250. The van der Waals surface area contributed by atoms with E-state index in [0.29, 0.717) is 12.3 Å². The lowest BCUT2D eigenvalue weighted by Gasteiger charge is -1.99. The minimum Gasteiger partial charge on any atom is -0.465 e. The van der Waals surface area contributed by atoms with E-state index in [9.17, 15) is 4.79 Å². The number of hydrogen-bond donors (Lipinski definition) is 0. The Bertz CT molecular complexity index is 438. The molecule has 0 unspecified atom stereocenters. The van der Waals surface area contributed by atoms with Gasteiger partial charge in [0.25, 0.3) is 0 Å². The second-order valence-corrected chi connectivity index (χ2v) is 3.73. The molecule has 0 aliphatic heterocycles. The molecule has 0 aliphatic rings. The fourth-order valence-electron chi connectivity index (χ4n) is 1.09. The number of hydrogen-bond acceptors (Lipinski definition) is 5. The molecule has 4 nitrogen and oxygen atoms in total. The summed E-state index contributed by atoms with van der Waals surface area (Å²) < 4.78 is 8.76. The molecule has 0 fully saturated rings. The van der Waals surface area contributed by atoms with E-state index in [0.717, 1.165) is 17.5 Å².